The molecule has 2 aliphatic heterocycles. The van der Waals surface area contributed by atoms with Gasteiger partial charge >= 0.3 is 0 Å². The van der Waals surface area contributed by atoms with Crippen LogP contribution in [0.4, 0.5) is 0 Å². The van der Waals surface area contributed by atoms with Crippen LogP contribution >= 0.6 is 11.8 Å². The first-order chi connectivity index (χ1) is 13.8. The number of ether oxygens (including phenoxy) is 5. The summed E-state index contributed by atoms with van der Waals surface area (Å²) in [5, 5.41) is 0. The topological polar surface area (TPSA) is 46.2 Å². The van der Waals surface area contributed by atoms with E-state index in [1.54, 1.807) is 11.8 Å². The highest BCUT2D eigenvalue weighted by atomic mass is 32.2. The minimum absolute atomic E-state index is 0.0785. The molecule has 1 aromatic carbocycles. The standard InChI is InChI=1S/C22H34O5S/c1-4-6-13-23-19-18-17(26-22(28-3)20(19)24-14-7-5-2)15-25-21(27-18)16-11-9-8-10-12-16/h8-12,17-22H,4-7,13-15H2,1-3H3/t17?,18-,19?,20+,21?,22+/m1/s1. The molecule has 3 unspecified atom stereocenters. The largest absolute Gasteiger partial charge is 0.373 e. The van der Waals surface area contributed by atoms with Crippen LogP contribution in [0.5, 0.6) is 0 Å². The Bertz CT molecular complexity index is 557. The van der Waals surface area contributed by atoms with Crippen molar-refractivity contribution < 1.29 is 23.7 Å². The third kappa shape index (κ3) is 5.49. The van der Waals surface area contributed by atoms with Crippen LogP contribution in [0.3, 0.4) is 0 Å². The third-order valence-corrected chi connectivity index (χ3v) is 6.05. The first kappa shape index (κ1) is 22.1. The van der Waals surface area contributed by atoms with Crippen LogP contribution in [0.1, 0.15) is 51.4 Å². The second-order valence-electron chi connectivity index (χ2n) is 7.33. The van der Waals surface area contributed by atoms with E-state index in [-0.39, 0.29) is 29.9 Å². The Labute approximate surface area is 173 Å². The number of benzene rings is 1. The molecule has 2 saturated heterocycles. The molecule has 0 aromatic heterocycles. The lowest BCUT2D eigenvalue weighted by Crippen LogP contribution is -2.62. The SMILES string of the molecule is CCCCOC1[C@@H]2OC(c3ccccc3)OCC2O[C@@H](SC)[C@H]1OCCCC. The Balaban J connectivity index is 1.76. The zero-order valence-corrected chi connectivity index (χ0v) is 18.1. The summed E-state index contributed by atoms with van der Waals surface area (Å²) in [5.41, 5.74) is 0.939. The van der Waals surface area contributed by atoms with Crippen LogP contribution in [0.25, 0.3) is 0 Å². The molecule has 2 heterocycles. The second-order valence-corrected chi connectivity index (χ2v) is 8.27. The molecule has 0 radical (unpaired) electrons. The molecule has 1 aromatic rings. The number of thioether (sulfide) groups is 1. The van der Waals surface area contributed by atoms with E-state index in [0.717, 1.165) is 31.2 Å². The summed E-state index contributed by atoms with van der Waals surface area (Å²) in [6.07, 6.45) is 5.27. The fourth-order valence-corrected chi connectivity index (χ4v) is 4.36. The average Bonchev–Trinajstić information content (AvgIpc) is 2.75. The molecule has 6 heteroatoms. The van der Waals surface area contributed by atoms with Crippen molar-refractivity contribution >= 4 is 11.8 Å². The summed E-state index contributed by atoms with van der Waals surface area (Å²) in [4.78, 5) is 0. The molecule has 158 valence electrons. The van der Waals surface area contributed by atoms with E-state index in [1.807, 2.05) is 30.3 Å². The minimum atomic E-state index is -0.398. The van der Waals surface area contributed by atoms with E-state index >= 15 is 0 Å². The Hall–Kier alpha value is -0.630. The van der Waals surface area contributed by atoms with Crippen LogP contribution in [0, 0.1) is 0 Å². The highest BCUT2D eigenvalue weighted by Gasteiger charge is 2.50. The van der Waals surface area contributed by atoms with Gasteiger partial charge in [-0.3, -0.25) is 0 Å². The summed E-state index contributed by atoms with van der Waals surface area (Å²) in [6, 6.07) is 10.1. The van der Waals surface area contributed by atoms with Gasteiger partial charge in [0.15, 0.2) is 6.29 Å². The second kappa shape index (κ2) is 11.5. The van der Waals surface area contributed by atoms with Crippen LogP contribution in [0.15, 0.2) is 30.3 Å². The monoisotopic (exact) mass is 410 g/mol. The normalized spacial score (nSPS) is 32.8. The molecule has 6 atom stereocenters. The lowest BCUT2D eigenvalue weighted by Gasteiger charge is -2.49. The molecular formula is C22H34O5S. The fraction of sp³-hybridized carbons (Fsp3) is 0.727. The maximum Gasteiger partial charge on any atom is 0.184 e. The van der Waals surface area contributed by atoms with Crippen molar-refractivity contribution in [3.63, 3.8) is 0 Å². The highest BCUT2D eigenvalue weighted by molar-refractivity contribution is 7.99. The van der Waals surface area contributed by atoms with Gasteiger partial charge in [0, 0.05) is 18.8 Å². The van der Waals surface area contributed by atoms with Gasteiger partial charge < -0.3 is 23.7 Å². The van der Waals surface area contributed by atoms with Gasteiger partial charge in [0.2, 0.25) is 0 Å². The van der Waals surface area contributed by atoms with Gasteiger partial charge in [-0.15, -0.1) is 11.8 Å². The van der Waals surface area contributed by atoms with Crippen molar-refractivity contribution in [3.8, 4) is 0 Å². The molecule has 2 aliphatic rings. The number of hydrogen-bond acceptors (Lipinski definition) is 6. The molecule has 0 amide bonds. The minimum Gasteiger partial charge on any atom is -0.373 e. The van der Waals surface area contributed by atoms with Crippen LogP contribution in [-0.2, 0) is 23.7 Å². The Morgan fingerprint density at radius 3 is 2.29 bits per heavy atom. The maximum atomic E-state index is 6.39. The van der Waals surface area contributed by atoms with E-state index in [2.05, 4.69) is 20.1 Å². The molecule has 0 saturated carbocycles. The lowest BCUT2D eigenvalue weighted by atomic mass is 9.98. The number of unbranched alkanes of at least 4 members (excludes halogenated alkanes) is 2. The quantitative estimate of drug-likeness (QED) is 0.527. The average molecular weight is 411 g/mol. The highest BCUT2D eigenvalue weighted by Crippen LogP contribution is 2.38. The van der Waals surface area contributed by atoms with Gasteiger partial charge in [-0.05, 0) is 19.1 Å². The Morgan fingerprint density at radius 2 is 1.64 bits per heavy atom. The summed E-state index contributed by atoms with van der Waals surface area (Å²) < 4.78 is 31.3. The van der Waals surface area contributed by atoms with Crippen molar-refractivity contribution in [3.05, 3.63) is 35.9 Å². The van der Waals surface area contributed by atoms with Crippen LogP contribution in [0.2, 0.25) is 0 Å². The molecule has 0 bridgehead atoms. The van der Waals surface area contributed by atoms with Crippen LogP contribution in [-0.4, -0.2) is 55.9 Å². The van der Waals surface area contributed by atoms with Gasteiger partial charge in [0.1, 0.15) is 29.9 Å². The van der Waals surface area contributed by atoms with Crippen molar-refractivity contribution in [2.24, 2.45) is 0 Å². The smallest absolute Gasteiger partial charge is 0.184 e. The van der Waals surface area contributed by atoms with Gasteiger partial charge in [0.05, 0.1) is 6.61 Å². The molecule has 0 aliphatic carbocycles. The van der Waals surface area contributed by atoms with Gasteiger partial charge in [-0.2, -0.15) is 0 Å². The maximum absolute atomic E-state index is 6.39. The van der Waals surface area contributed by atoms with E-state index in [1.165, 1.54) is 0 Å². The van der Waals surface area contributed by atoms with E-state index in [9.17, 15) is 0 Å². The number of rotatable bonds is 10. The predicted octanol–water partition coefficient (Wildman–Crippen LogP) is 4.56. The van der Waals surface area contributed by atoms with E-state index < -0.39 is 6.29 Å². The zero-order valence-electron chi connectivity index (χ0n) is 17.3. The third-order valence-electron chi connectivity index (χ3n) is 5.20. The lowest BCUT2D eigenvalue weighted by molar-refractivity contribution is -0.327. The summed E-state index contributed by atoms with van der Waals surface area (Å²) in [6.45, 7) is 6.26. The summed E-state index contributed by atoms with van der Waals surface area (Å²) >= 11 is 1.67. The summed E-state index contributed by atoms with van der Waals surface area (Å²) in [5.74, 6) is 0. The number of hydrogen-bond donors (Lipinski definition) is 0. The first-order valence-corrected chi connectivity index (χ1v) is 11.8. The Morgan fingerprint density at radius 1 is 0.964 bits per heavy atom. The summed E-state index contributed by atoms with van der Waals surface area (Å²) in [7, 11) is 0. The molecule has 5 nitrogen and oxygen atoms in total. The molecule has 2 fully saturated rings. The van der Waals surface area contributed by atoms with Crippen LogP contribution < -0.4 is 0 Å². The van der Waals surface area contributed by atoms with Crippen molar-refractivity contribution in [2.75, 3.05) is 26.1 Å². The molecular weight excluding hydrogens is 376 g/mol. The zero-order chi connectivity index (χ0) is 19.8. The first-order valence-electron chi connectivity index (χ1n) is 10.5. The molecule has 0 N–H and O–H groups in total. The van der Waals surface area contributed by atoms with Gasteiger partial charge in [-0.25, -0.2) is 0 Å². The van der Waals surface area contributed by atoms with Gasteiger partial charge in [-0.1, -0.05) is 57.0 Å². The fourth-order valence-electron chi connectivity index (χ4n) is 3.61. The predicted molar refractivity (Wildman–Crippen MR) is 111 cm³/mol. The van der Waals surface area contributed by atoms with Crippen molar-refractivity contribution in [2.45, 2.75) is 75.7 Å². The van der Waals surface area contributed by atoms with E-state index in [0.29, 0.717) is 19.8 Å². The molecule has 0 spiro atoms. The van der Waals surface area contributed by atoms with Gasteiger partial charge in [0.25, 0.3) is 0 Å². The molecule has 3 rings (SSSR count). The van der Waals surface area contributed by atoms with E-state index in [4.69, 9.17) is 23.7 Å². The Kier molecular flexibility index (Phi) is 9.08. The number of fused-ring (bicyclic) bond motifs is 1. The molecule has 28 heavy (non-hydrogen) atoms. The van der Waals surface area contributed by atoms with Crippen molar-refractivity contribution in [1.82, 2.24) is 0 Å². The van der Waals surface area contributed by atoms with Crippen molar-refractivity contribution in [1.29, 1.82) is 0 Å².